The lowest BCUT2D eigenvalue weighted by Crippen LogP contribution is -2.34. The molecular weight excluding hydrogens is 370 g/mol. The van der Waals surface area contributed by atoms with Gasteiger partial charge < -0.3 is 19.9 Å². The van der Waals surface area contributed by atoms with Gasteiger partial charge in [0.1, 0.15) is 11.5 Å². The molecule has 0 aliphatic heterocycles. The predicted octanol–water partition coefficient (Wildman–Crippen LogP) is 3.42. The molecule has 2 aromatic rings. The molecule has 0 bridgehead atoms. The number of carbonyl (C=O) groups excluding carboxylic acids is 1. The Morgan fingerprint density at radius 3 is 2.48 bits per heavy atom. The van der Waals surface area contributed by atoms with Gasteiger partial charge >= 0.3 is 5.97 Å². The highest BCUT2D eigenvalue weighted by Gasteiger charge is 2.20. The van der Waals surface area contributed by atoms with Crippen LogP contribution in [-0.4, -0.2) is 37.2 Å². The predicted molar refractivity (Wildman–Crippen MR) is 103 cm³/mol. The maximum Gasteiger partial charge on any atom is 0.308 e. The van der Waals surface area contributed by atoms with Crippen LogP contribution in [0.2, 0.25) is 5.02 Å². The van der Waals surface area contributed by atoms with Crippen molar-refractivity contribution in [2.45, 2.75) is 13.3 Å². The van der Waals surface area contributed by atoms with Crippen LogP contribution < -0.4 is 14.8 Å². The zero-order chi connectivity index (χ0) is 19.8. The first kappa shape index (κ1) is 20.6. The summed E-state index contributed by atoms with van der Waals surface area (Å²) in [6.07, 6.45) is 0.298. The third kappa shape index (κ3) is 5.89. The number of hydrogen-bond acceptors (Lipinski definition) is 4. The summed E-state index contributed by atoms with van der Waals surface area (Å²) < 4.78 is 10.5. The van der Waals surface area contributed by atoms with Gasteiger partial charge in [0.2, 0.25) is 0 Å². The highest BCUT2D eigenvalue weighted by Crippen LogP contribution is 2.25. The Morgan fingerprint density at radius 2 is 1.89 bits per heavy atom. The first-order chi connectivity index (χ1) is 12.9. The molecule has 0 radical (unpaired) electrons. The SMILES string of the molecule is CCOc1ccc(CC(CNC(=O)c2ccc(Cl)c(OC)c2)C(=O)O)cc1. The number of amides is 1. The molecular formula is C20H22ClNO5. The van der Waals surface area contributed by atoms with Gasteiger partial charge in [-0.05, 0) is 49.2 Å². The number of carboxylic acids is 1. The van der Waals surface area contributed by atoms with Crippen LogP contribution in [0.1, 0.15) is 22.8 Å². The van der Waals surface area contributed by atoms with E-state index < -0.39 is 11.9 Å². The van der Waals surface area contributed by atoms with E-state index in [4.69, 9.17) is 21.1 Å². The summed E-state index contributed by atoms with van der Waals surface area (Å²) in [4.78, 5) is 23.9. The molecule has 2 N–H and O–H groups in total. The Labute approximate surface area is 163 Å². The smallest absolute Gasteiger partial charge is 0.308 e. The third-order valence-electron chi connectivity index (χ3n) is 3.99. The normalized spacial score (nSPS) is 11.5. The highest BCUT2D eigenvalue weighted by molar-refractivity contribution is 6.32. The first-order valence-corrected chi connectivity index (χ1v) is 8.88. The monoisotopic (exact) mass is 391 g/mol. The van der Waals surface area contributed by atoms with Gasteiger partial charge in [0.25, 0.3) is 5.91 Å². The highest BCUT2D eigenvalue weighted by atomic mass is 35.5. The maximum absolute atomic E-state index is 12.3. The van der Waals surface area contributed by atoms with Gasteiger partial charge in [0.05, 0.1) is 24.7 Å². The number of ether oxygens (including phenoxy) is 2. The number of nitrogens with one attached hydrogen (secondary N) is 1. The van der Waals surface area contributed by atoms with E-state index in [1.54, 1.807) is 24.3 Å². The van der Waals surface area contributed by atoms with E-state index in [0.717, 1.165) is 11.3 Å². The molecule has 0 aromatic heterocycles. The number of benzene rings is 2. The fourth-order valence-corrected chi connectivity index (χ4v) is 2.73. The van der Waals surface area contributed by atoms with Gasteiger partial charge in [-0.25, -0.2) is 0 Å². The molecule has 0 fully saturated rings. The number of hydrogen-bond donors (Lipinski definition) is 2. The molecule has 144 valence electrons. The molecule has 0 aliphatic rings. The quantitative estimate of drug-likeness (QED) is 0.684. The molecule has 1 unspecified atom stereocenters. The lowest BCUT2D eigenvalue weighted by atomic mass is 9.99. The van der Waals surface area contributed by atoms with Crippen molar-refractivity contribution in [1.29, 1.82) is 0 Å². The first-order valence-electron chi connectivity index (χ1n) is 8.50. The van der Waals surface area contributed by atoms with Crippen molar-refractivity contribution < 1.29 is 24.2 Å². The van der Waals surface area contributed by atoms with Crippen LogP contribution >= 0.6 is 11.6 Å². The molecule has 0 heterocycles. The fourth-order valence-electron chi connectivity index (χ4n) is 2.54. The minimum absolute atomic E-state index is 0.00627. The molecule has 2 rings (SSSR count). The van der Waals surface area contributed by atoms with Gasteiger partial charge in [-0.1, -0.05) is 23.7 Å². The summed E-state index contributed by atoms with van der Waals surface area (Å²) in [6.45, 7) is 2.47. The molecule has 2 aromatic carbocycles. The average Bonchev–Trinajstić information content (AvgIpc) is 2.66. The molecule has 6 nitrogen and oxygen atoms in total. The van der Waals surface area contributed by atoms with Gasteiger partial charge in [0, 0.05) is 12.1 Å². The van der Waals surface area contributed by atoms with E-state index in [2.05, 4.69) is 5.32 Å². The molecule has 1 atom stereocenters. The summed E-state index contributed by atoms with van der Waals surface area (Å²) in [6, 6.07) is 11.9. The second-order valence-corrected chi connectivity index (χ2v) is 6.28. The topological polar surface area (TPSA) is 84.9 Å². The van der Waals surface area contributed by atoms with Crippen LogP contribution in [0, 0.1) is 5.92 Å². The molecule has 7 heteroatoms. The largest absolute Gasteiger partial charge is 0.495 e. The van der Waals surface area contributed by atoms with E-state index in [1.807, 2.05) is 19.1 Å². The molecule has 0 saturated carbocycles. The zero-order valence-electron chi connectivity index (χ0n) is 15.2. The lowest BCUT2D eigenvalue weighted by molar-refractivity contribution is -0.141. The van der Waals surface area contributed by atoms with Crippen molar-refractivity contribution in [1.82, 2.24) is 5.32 Å². The second kappa shape index (κ2) is 9.83. The van der Waals surface area contributed by atoms with Crippen LogP contribution in [0.3, 0.4) is 0 Å². The van der Waals surface area contributed by atoms with Gasteiger partial charge in [-0.3, -0.25) is 9.59 Å². The lowest BCUT2D eigenvalue weighted by Gasteiger charge is -2.14. The van der Waals surface area contributed by atoms with Crippen molar-refractivity contribution in [3.8, 4) is 11.5 Å². The molecule has 27 heavy (non-hydrogen) atoms. The van der Waals surface area contributed by atoms with Crippen molar-refractivity contribution in [3.63, 3.8) is 0 Å². The Hall–Kier alpha value is -2.73. The third-order valence-corrected chi connectivity index (χ3v) is 4.30. The van der Waals surface area contributed by atoms with Gasteiger partial charge in [-0.2, -0.15) is 0 Å². The summed E-state index contributed by atoms with van der Waals surface area (Å²) in [5.74, 6) is -0.992. The number of carbonyl (C=O) groups is 2. The molecule has 0 saturated heterocycles. The number of methoxy groups -OCH3 is 1. The fraction of sp³-hybridized carbons (Fsp3) is 0.300. The Morgan fingerprint density at radius 1 is 1.19 bits per heavy atom. The van der Waals surface area contributed by atoms with Crippen molar-refractivity contribution in [3.05, 3.63) is 58.6 Å². The Kier molecular flexibility index (Phi) is 7.49. The van der Waals surface area contributed by atoms with Crippen molar-refractivity contribution in [2.75, 3.05) is 20.3 Å². The van der Waals surface area contributed by atoms with Crippen LogP contribution in [-0.2, 0) is 11.2 Å². The number of rotatable bonds is 9. The standard InChI is InChI=1S/C20H22ClNO5/c1-3-27-16-7-4-13(5-8-16)10-15(20(24)25)12-22-19(23)14-6-9-17(21)18(11-14)26-2/h4-9,11,15H,3,10,12H2,1-2H3,(H,22,23)(H,24,25). The Bertz CT molecular complexity index is 791. The van der Waals surface area contributed by atoms with Crippen LogP contribution in [0.15, 0.2) is 42.5 Å². The molecule has 1 amide bonds. The summed E-state index contributed by atoms with van der Waals surface area (Å²) in [5.41, 5.74) is 1.20. The minimum atomic E-state index is -0.974. The number of aliphatic carboxylic acids is 1. The average molecular weight is 392 g/mol. The zero-order valence-corrected chi connectivity index (χ0v) is 16.0. The summed E-state index contributed by atoms with van der Waals surface area (Å²) >= 11 is 5.95. The van der Waals surface area contributed by atoms with E-state index in [1.165, 1.54) is 13.2 Å². The Balaban J connectivity index is 1.99. The van der Waals surface area contributed by atoms with Gasteiger partial charge in [-0.15, -0.1) is 0 Å². The van der Waals surface area contributed by atoms with Crippen molar-refractivity contribution >= 4 is 23.5 Å². The number of halogens is 1. The van der Waals surface area contributed by atoms with Crippen LogP contribution in [0.4, 0.5) is 0 Å². The van der Waals surface area contributed by atoms with Crippen LogP contribution in [0.25, 0.3) is 0 Å². The van der Waals surface area contributed by atoms with E-state index in [-0.39, 0.29) is 12.5 Å². The minimum Gasteiger partial charge on any atom is -0.495 e. The molecule has 0 aliphatic carbocycles. The van der Waals surface area contributed by atoms with E-state index in [0.29, 0.717) is 29.4 Å². The second-order valence-electron chi connectivity index (χ2n) is 5.88. The maximum atomic E-state index is 12.3. The summed E-state index contributed by atoms with van der Waals surface area (Å²) in [7, 11) is 1.46. The van der Waals surface area contributed by atoms with Crippen molar-refractivity contribution in [2.24, 2.45) is 5.92 Å². The number of carboxylic acid groups (broad SMARTS) is 1. The van der Waals surface area contributed by atoms with Crippen LogP contribution in [0.5, 0.6) is 11.5 Å². The summed E-state index contributed by atoms with van der Waals surface area (Å²) in [5, 5.41) is 12.5. The van der Waals surface area contributed by atoms with E-state index in [9.17, 15) is 14.7 Å². The molecule has 0 spiro atoms. The van der Waals surface area contributed by atoms with Gasteiger partial charge in [0.15, 0.2) is 0 Å². The van der Waals surface area contributed by atoms with E-state index >= 15 is 0 Å².